The van der Waals surface area contributed by atoms with Gasteiger partial charge >= 0.3 is 0 Å². The average Bonchev–Trinajstić information content (AvgIpc) is 3.62. The summed E-state index contributed by atoms with van der Waals surface area (Å²) in [6.07, 6.45) is 1.11. The highest BCUT2D eigenvalue weighted by molar-refractivity contribution is 6.06. The molecule has 12 heteroatoms. The number of tetrazole rings is 1. The van der Waals surface area contributed by atoms with E-state index in [-0.39, 0.29) is 30.7 Å². The Hall–Kier alpha value is -4.61. The Morgan fingerprint density at radius 3 is 2.45 bits per heavy atom. The second kappa shape index (κ2) is 13.0. The molecule has 4 rings (SSSR count). The Balaban J connectivity index is 1.45. The van der Waals surface area contributed by atoms with Crippen molar-refractivity contribution in [2.75, 3.05) is 4.90 Å². The predicted octanol–water partition coefficient (Wildman–Crippen LogP) is 1.05. The van der Waals surface area contributed by atoms with E-state index in [1.165, 1.54) is 4.90 Å². The fraction of sp³-hybridized carbons (Fsp3) is 0.393. The number of nitrogens with zero attached hydrogens (tertiary/aromatic N) is 4. The zero-order chi connectivity index (χ0) is 28.6. The molecule has 4 amide bonds. The molecule has 2 aromatic carbocycles. The van der Waals surface area contributed by atoms with Crippen molar-refractivity contribution < 1.29 is 19.2 Å². The summed E-state index contributed by atoms with van der Waals surface area (Å²) in [6, 6.07) is 14.0. The second-order valence-electron chi connectivity index (χ2n) is 9.93. The lowest BCUT2D eigenvalue weighted by Crippen LogP contribution is -2.57. The van der Waals surface area contributed by atoms with E-state index in [9.17, 15) is 19.2 Å². The monoisotopic (exact) mass is 546 g/mol. The topological polar surface area (TPSA) is 162 Å². The van der Waals surface area contributed by atoms with Crippen molar-refractivity contribution in [2.45, 2.75) is 64.7 Å². The summed E-state index contributed by atoms with van der Waals surface area (Å²) in [5.74, 6) is -1.40. The zero-order valence-electron chi connectivity index (χ0n) is 22.8. The predicted molar refractivity (Wildman–Crippen MR) is 147 cm³/mol. The van der Waals surface area contributed by atoms with E-state index in [1.54, 1.807) is 19.1 Å². The third-order valence-corrected chi connectivity index (χ3v) is 7.07. The molecule has 4 N–H and O–H groups in total. The summed E-state index contributed by atoms with van der Waals surface area (Å²) in [5.41, 5.74) is 2.30. The van der Waals surface area contributed by atoms with Gasteiger partial charge in [0.25, 0.3) is 0 Å². The lowest BCUT2D eigenvalue weighted by molar-refractivity contribution is -0.132. The number of amides is 4. The minimum atomic E-state index is -0.955. The maximum Gasteiger partial charge on any atom is 0.250 e. The van der Waals surface area contributed by atoms with Crippen molar-refractivity contribution in [3.63, 3.8) is 0 Å². The van der Waals surface area contributed by atoms with Gasteiger partial charge in [-0.3, -0.25) is 24.1 Å². The van der Waals surface area contributed by atoms with E-state index in [2.05, 4.69) is 36.6 Å². The highest BCUT2D eigenvalue weighted by Gasteiger charge is 2.40. The summed E-state index contributed by atoms with van der Waals surface area (Å²) in [6.45, 7) is 5.44. The molecule has 0 unspecified atom stereocenters. The van der Waals surface area contributed by atoms with Crippen molar-refractivity contribution >= 4 is 29.3 Å². The molecule has 4 atom stereocenters. The highest BCUT2D eigenvalue weighted by atomic mass is 16.2. The fourth-order valence-corrected chi connectivity index (χ4v) is 4.69. The normalized spacial score (nSPS) is 16.4. The van der Waals surface area contributed by atoms with Gasteiger partial charge in [-0.1, -0.05) is 74.0 Å². The fourth-order valence-electron chi connectivity index (χ4n) is 4.69. The lowest BCUT2D eigenvalue weighted by Gasteiger charge is -2.29. The maximum atomic E-state index is 13.7. The maximum absolute atomic E-state index is 13.7. The van der Waals surface area contributed by atoms with Crippen LogP contribution in [0.3, 0.4) is 0 Å². The van der Waals surface area contributed by atoms with Crippen LogP contribution in [-0.2, 0) is 38.6 Å². The molecule has 3 aromatic rings. The number of benzene rings is 2. The van der Waals surface area contributed by atoms with Crippen LogP contribution in [0.1, 0.15) is 44.1 Å². The molecule has 0 radical (unpaired) electrons. The van der Waals surface area contributed by atoms with Gasteiger partial charge in [-0.05, 0) is 30.0 Å². The number of aromatic amines is 1. The van der Waals surface area contributed by atoms with Crippen LogP contribution in [-0.4, -0.2) is 62.4 Å². The molecule has 0 aliphatic carbocycles. The van der Waals surface area contributed by atoms with Gasteiger partial charge in [-0.2, -0.15) is 5.21 Å². The first-order valence-electron chi connectivity index (χ1n) is 13.3. The molecule has 1 aliphatic rings. The summed E-state index contributed by atoms with van der Waals surface area (Å²) in [7, 11) is 0. The van der Waals surface area contributed by atoms with Gasteiger partial charge < -0.3 is 16.0 Å². The molecule has 12 nitrogen and oxygen atoms in total. The first-order valence-corrected chi connectivity index (χ1v) is 13.3. The van der Waals surface area contributed by atoms with Gasteiger partial charge in [-0.15, -0.1) is 10.2 Å². The number of aromatic nitrogens is 4. The number of nitrogens with one attached hydrogen (secondary N) is 4. The SMILES string of the molecule is CC[C@H](C)[C@H](NC(=O)Cc1ccccc1)C(=O)N[C@@H](C)C(=O)N1c2ccccc2C[C@H]1C(=O)NCc1nn[nH]n1. The molecule has 40 heavy (non-hydrogen) atoms. The third kappa shape index (κ3) is 6.68. The molecule has 0 bridgehead atoms. The third-order valence-electron chi connectivity index (χ3n) is 7.07. The van der Waals surface area contributed by atoms with Crippen molar-refractivity contribution in [1.29, 1.82) is 0 Å². The molecule has 1 aliphatic heterocycles. The Kier molecular flexibility index (Phi) is 9.20. The van der Waals surface area contributed by atoms with Crippen LogP contribution >= 0.6 is 0 Å². The van der Waals surface area contributed by atoms with Crippen LogP contribution < -0.4 is 20.9 Å². The first-order chi connectivity index (χ1) is 19.3. The number of carbonyl (C=O) groups excluding carboxylic acids is 4. The summed E-state index contributed by atoms with van der Waals surface area (Å²) in [5, 5.41) is 21.8. The summed E-state index contributed by atoms with van der Waals surface area (Å²) < 4.78 is 0. The van der Waals surface area contributed by atoms with Gasteiger partial charge in [-0.25, -0.2) is 0 Å². The van der Waals surface area contributed by atoms with Crippen LogP contribution in [0.25, 0.3) is 0 Å². The Morgan fingerprint density at radius 1 is 1.02 bits per heavy atom. The van der Waals surface area contributed by atoms with Crippen LogP contribution in [0.15, 0.2) is 54.6 Å². The number of para-hydroxylation sites is 1. The Bertz CT molecular complexity index is 1330. The van der Waals surface area contributed by atoms with Gasteiger partial charge in [0.05, 0.1) is 13.0 Å². The van der Waals surface area contributed by atoms with E-state index in [4.69, 9.17) is 0 Å². The molecule has 0 saturated heterocycles. The van der Waals surface area contributed by atoms with E-state index >= 15 is 0 Å². The molecule has 0 saturated carbocycles. The molecule has 0 fully saturated rings. The van der Waals surface area contributed by atoms with Crippen LogP contribution in [0.5, 0.6) is 0 Å². The molecular formula is C28H34N8O4. The number of fused-ring (bicyclic) bond motifs is 1. The van der Waals surface area contributed by atoms with Crippen molar-refractivity contribution in [3.05, 3.63) is 71.5 Å². The minimum Gasteiger partial charge on any atom is -0.347 e. The first kappa shape index (κ1) is 28.4. The van der Waals surface area contributed by atoms with Crippen molar-refractivity contribution in [2.24, 2.45) is 5.92 Å². The van der Waals surface area contributed by atoms with Crippen molar-refractivity contribution in [1.82, 2.24) is 36.6 Å². The molecule has 1 aromatic heterocycles. The average molecular weight is 547 g/mol. The summed E-state index contributed by atoms with van der Waals surface area (Å²) >= 11 is 0. The van der Waals surface area contributed by atoms with Crippen LogP contribution in [0, 0.1) is 5.92 Å². The van der Waals surface area contributed by atoms with Gasteiger partial charge in [0, 0.05) is 12.1 Å². The standard InChI is InChI=1S/C28H34N8O4/c1-4-17(2)25(31-24(37)14-19-10-6-5-7-11-19)27(39)30-18(3)28(40)36-21-13-9-8-12-20(21)15-22(36)26(38)29-16-23-32-34-35-33-23/h5-13,17-18,22,25H,4,14-16H2,1-3H3,(H,29,38)(H,30,39)(H,31,37)(H,32,33,34,35)/t17-,18-,22-,25-/m0/s1. The zero-order valence-corrected chi connectivity index (χ0v) is 22.8. The van der Waals surface area contributed by atoms with Gasteiger partial charge in [0.1, 0.15) is 18.1 Å². The highest BCUT2D eigenvalue weighted by Crippen LogP contribution is 2.32. The number of H-pyrrole nitrogens is 1. The Labute approximate surface area is 232 Å². The molecular weight excluding hydrogens is 512 g/mol. The smallest absolute Gasteiger partial charge is 0.250 e. The number of hydrogen-bond acceptors (Lipinski definition) is 7. The van der Waals surface area contributed by atoms with Crippen LogP contribution in [0.4, 0.5) is 5.69 Å². The van der Waals surface area contributed by atoms with Crippen molar-refractivity contribution in [3.8, 4) is 0 Å². The quantitative estimate of drug-likeness (QED) is 0.279. The number of anilines is 1. The van der Waals surface area contributed by atoms with Gasteiger partial charge in [0.2, 0.25) is 23.6 Å². The van der Waals surface area contributed by atoms with Gasteiger partial charge in [0.15, 0.2) is 5.82 Å². The number of carbonyl (C=O) groups is 4. The largest absolute Gasteiger partial charge is 0.347 e. The van der Waals surface area contributed by atoms with E-state index in [0.29, 0.717) is 24.4 Å². The lowest BCUT2D eigenvalue weighted by atomic mass is 9.97. The number of rotatable bonds is 11. The Morgan fingerprint density at radius 2 is 1.75 bits per heavy atom. The minimum absolute atomic E-state index is 0.0514. The molecule has 0 spiro atoms. The van der Waals surface area contributed by atoms with E-state index < -0.39 is 29.9 Å². The van der Waals surface area contributed by atoms with E-state index in [1.807, 2.05) is 56.3 Å². The molecule has 2 heterocycles. The van der Waals surface area contributed by atoms with E-state index in [0.717, 1.165) is 11.1 Å². The second-order valence-corrected chi connectivity index (χ2v) is 9.93. The number of hydrogen-bond donors (Lipinski definition) is 4. The summed E-state index contributed by atoms with van der Waals surface area (Å²) in [4.78, 5) is 54.4. The van der Waals surface area contributed by atoms with Crippen LogP contribution in [0.2, 0.25) is 0 Å². The molecule has 210 valence electrons.